The Morgan fingerprint density at radius 3 is 2.76 bits per heavy atom. The number of ether oxygens (including phenoxy) is 1. The maximum absolute atomic E-state index is 5.54. The van der Waals surface area contributed by atoms with Gasteiger partial charge in [-0.2, -0.15) is 0 Å². The molecule has 0 aromatic rings. The Bertz CT molecular complexity index is 221. The summed E-state index contributed by atoms with van der Waals surface area (Å²) in [5, 5.41) is 3.40. The predicted molar refractivity (Wildman–Crippen MR) is 71.3 cm³/mol. The largest absolute Gasteiger partial charge is 0.381 e. The van der Waals surface area contributed by atoms with Gasteiger partial charge in [0.1, 0.15) is 0 Å². The third-order valence-corrected chi connectivity index (χ3v) is 4.41. The molecule has 0 aromatic carbocycles. The Morgan fingerprint density at radius 2 is 2.12 bits per heavy atom. The van der Waals surface area contributed by atoms with Gasteiger partial charge in [0.2, 0.25) is 0 Å². The first-order valence-electron chi connectivity index (χ1n) is 7.19. The molecule has 2 rings (SSSR count). The first-order chi connectivity index (χ1) is 8.24. The minimum absolute atomic E-state index is 0.462. The molecule has 2 fully saturated rings. The van der Waals surface area contributed by atoms with E-state index in [0.717, 1.165) is 25.7 Å². The van der Waals surface area contributed by atoms with Crippen LogP contribution in [-0.2, 0) is 4.74 Å². The molecule has 100 valence electrons. The van der Waals surface area contributed by atoms with Gasteiger partial charge in [-0.1, -0.05) is 6.92 Å². The maximum atomic E-state index is 5.54. The number of likely N-dealkylation sites (tertiary alicyclic amines) is 1. The number of nitrogens with zero attached hydrogens (tertiary/aromatic N) is 1. The molecule has 1 unspecified atom stereocenters. The minimum atomic E-state index is 0.462. The molecule has 1 atom stereocenters. The second-order valence-electron chi connectivity index (χ2n) is 6.13. The van der Waals surface area contributed by atoms with Crippen molar-refractivity contribution in [3.8, 4) is 0 Å². The van der Waals surface area contributed by atoms with E-state index >= 15 is 0 Å². The molecule has 2 aliphatic rings. The third-order valence-electron chi connectivity index (χ3n) is 4.41. The summed E-state index contributed by atoms with van der Waals surface area (Å²) in [7, 11) is 2.08. The SMILES string of the molecule is CNCC1(CN2CCCC(C)C2)CCOCC1. The molecular formula is C14H28N2O. The lowest BCUT2D eigenvalue weighted by Crippen LogP contribution is -2.49. The van der Waals surface area contributed by atoms with Crippen molar-refractivity contribution in [2.45, 2.75) is 32.6 Å². The molecule has 17 heavy (non-hydrogen) atoms. The van der Waals surface area contributed by atoms with E-state index in [4.69, 9.17) is 4.74 Å². The quantitative estimate of drug-likeness (QED) is 0.810. The van der Waals surface area contributed by atoms with E-state index in [-0.39, 0.29) is 0 Å². The molecule has 0 spiro atoms. The van der Waals surface area contributed by atoms with Crippen LogP contribution in [0.3, 0.4) is 0 Å². The lowest BCUT2D eigenvalue weighted by molar-refractivity contribution is -0.00948. The van der Waals surface area contributed by atoms with E-state index in [9.17, 15) is 0 Å². The number of rotatable bonds is 4. The van der Waals surface area contributed by atoms with Crippen molar-refractivity contribution in [2.75, 3.05) is 46.4 Å². The highest BCUT2D eigenvalue weighted by Gasteiger charge is 2.34. The fourth-order valence-corrected chi connectivity index (χ4v) is 3.47. The van der Waals surface area contributed by atoms with Crippen molar-refractivity contribution < 1.29 is 4.74 Å². The normalized spacial score (nSPS) is 30.4. The van der Waals surface area contributed by atoms with Crippen LogP contribution in [0.2, 0.25) is 0 Å². The summed E-state index contributed by atoms with van der Waals surface area (Å²) < 4.78 is 5.54. The summed E-state index contributed by atoms with van der Waals surface area (Å²) in [5.41, 5.74) is 0.462. The lowest BCUT2D eigenvalue weighted by Gasteiger charge is -2.43. The first kappa shape index (κ1) is 13.3. The second kappa shape index (κ2) is 6.17. The van der Waals surface area contributed by atoms with Crippen molar-refractivity contribution in [1.29, 1.82) is 0 Å². The van der Waals surface area contributed by atoms with Crippen LogP contribution in [0, 0.1) is 11.3 Å². The highest BCUT2D eigenvalue weighted by atomic mass is 16.5. The minimum Gasteiger partial charge on any atom is -0.381 e. The van der Waals surface area contributed by atoms with E-state index in [2.05, 4.69) is 24.2 Å². The summed E-state index contributed by atoms with van der Waals surface area (Å²) >= 11 is 0. The molecule has 3 nitrogen and oxygen atoms in total. The van der Waals surface area contributed by atoms with Crippen LogP contribution in [0.1, 0.15) is 32.6 Å². The number of piperidine rings is 1. The molecule has 2 saturated heterocycles. The van der Waals surface area contributed by atoms with Gasteiger partial charge in [-0.05, 0) is 50.6 Å². The summed E-state index contributed by atoms with van der Waals surface area (Å²) in [4.78, 5) is 2.69. The Balaban J connectivity index is 1.91. The van der Waals surface area contributed by atoms with Crippen LogP contribution in [-0.4, -0.2) is 51.3 Å². The average Bonchev–Trinajstić information content (AvgIpc) is 2.30. The van der Waals surface area contributed by atoms with Crippen molar-refractivity contribution in [3.63, 3.8) is 0 Å². The third kappa shape index (κ3) is 3.67. The van der Waals surface area contributed by atoms with E-state index in [0.29, 0.717) is 5.41 Å². The fraction of sp³-hybridized carbons (Fsp3) is 1.00. The highest BCUT2D eigenvalue weighted by Crippen LogP contribution is 2.32. The molecule has 0 bridgehead atoms. The summed E-state index contributed by atoms with van der Waals surface area (Å²) in [6.07, 6.45) is 5.24. The summed E-state index contributed by atoms with van der Waals surface area (Å²) in [6, 6.07) is 0. The zero-order chi connectivity index (χ0) is 12.1. The molecule has 0 aliphatic carbocycles. The molecule has 2 heterocycles. The Hall–Kier alpha value is -0.120. The predicted octanol–water partition coefficient (Wildman–Crippen LogP) is 1.73. The molecule has 3 heteroatoms. The average molecular weight is 240 g/mol. The van der Waals surface area contributed by atoms with Gasteiger partial charge < -0.3 is 15.0 Å². The van der Waals surface area contributed by atoms with Gasteiger partial charge in [-0.25, -0.2) is 0 Å². The Kier molecular flexibility index (Phi) is 4.83. The second-order valence-corrected chi connectivity index (χ2v) is 6.13. The topological polar surface area (TPSA) is 24.5 Å². The Labute approximate surface area is 106 Å². The van der Waals surface area contributed by atoms with Crippen LogP contribution in [0.4, 0.5) is 0 Å². The van der Waals surface area contributed by atoms with Gasteiger partial charge in [0.25, 0.3) is 0 Å². The zero-order valence-electron chi connectivity index (χ0n) is 11.5. The molecule has 1 N–H and O–H groups in total. The number of hydrogen-bond acceptors (Lipinski definition) is 3. The van der Waals surface area contributed by atoms with Crippen molar-refractivity contribution in [3.05, 3.63) is 0 Å². The van der Waals surface area contributed by atoms with E-state index in [1.807, 2.05) is 0 Å². The van der Waals surface area contributed by atoms with E-state index < -0.39 is 0 Å². The van der Waals surface area contributed by atoms with E-state index in [1.165, 1.54) is 45.3 Å². The molecule has 0 saturated carbocycles. The highest BCUT2D eigenvalue weighted by molar-refractivity contribution is 4.88. The van der Waals surface area contributed by atoms with Gasteiger partial charge >= 0.3 is 0 Å². The molecule has 0 aromatic heterocycles. The first-order valence-corrected chi connectivity index (χ1v) is 7.19. The van der Waals surface area contributed by atoms with Gasteiger partial charge in [0.15, 0.2) is 0 Å². The number of nitrogens with one attached hydrogen (secondary N) is 1. The molecule has 2 aliphatic heterocycles. The molecule has 0 amide bonds. The van der Waals surface area contributed by atoms with Crippen LogP contribution in [0.15, 0.2) is 0 Å². The van der Waals surface area contributed by atoms with Gasteiger partial charge in [0, 0.05) is 32.8 Å². The molecule has 0 radical (unpaired) electrons. The zero-order valence-corrected chi connectivity index (χ0v) is 11.5. The monoisotopic (exact) mass is 240 g/mol. The van der Waals surface area contributed by atoms with Crippen molar-refractivity contribution >= 4 is 0 Å². The smallest absolute Gasteiger partial charge is 0.0472 e. The number of hydrogen-bond donors (Lipinski definition) is 1. The van der Waals surface area contributed by atoms with Crippen LogP contribution < -0.4 is 5.32 Å². The van der Waals surface area contributed by atoms with Crippen molar-refractivity contribution in [1.82, 2.24) is 10.2 Å². The molecular weight excluding hydrogens is 212 g/mol. The van der Waals surface area contributed by atoms with Gasteiger partial charge in [0.05, 0.1) is 0 Å². The summed E-state index contributed by atoms with van der Waals surface area (Å²) in [6.45, 7) is 9.29. The lowest BCUT2D eigenvalue weighted by atomic mass is 9.79. The van der Waals surface area contributed by atoms with Gasteiger partial charge in [-0.15, -0.1) is 0 Å². The Morgan fingerprint density at radius 1 is 1.35 bits per heavy atom. The van der Waals surface area contributed by atoms with Gasteiger partial charge in [-0.3, -0.25) is 0 Å². The van der Waals surface area contributed by atoms with Crippen LogP contribution in [0.5, 0.6) is 0 Å². The fourth-order valence-electron chi connectivity index (χ4n) is 3.47. The van der Waals surface area contributed by atoms with Crippen LogP contribution >= 0.6 is 0 Å². The van der Waals surface area contributed by atoms with E-state index in [1.54, 1.807) is 0 Å². The maximum Gasteiger partial charge on any atom is 0.0472 e. The van der Waals surface area contributed by atoms with Crippen molar-refractivity contribution in [2.24, 2.45) is 11.3 Å². The standard InChI is InChI=1S/C14H28N2O/c1-13-4-3-7-16(10-13)12-14(11-15-2)5-8-17-9-6-14/h13,15H,3-12H2,1-2H3. The van der Waals surface area contributed by atoms with Crippen LogP contribution in [0.25, 0.3) is 0 Å². The summed E-state index contributed by atoms with van der Waals surface area (Å²) in [5.74, 6) is 0.884.